The molecule has 320 valence electrons. The number of amides is 1. The molecule has 0 aromatic carbocycles. The van der Waals surface area contributed by atoms with Gasteiger partial charge < -0.3 is 20.3 Å². The number of unbranched alkanes of at least 4 members (excludes halogenated alkanes) is 31. The minimum atomic E-state index is -0.691. The van der Waals surface area contributed by atoms with Crippen LogP contribution < -0.4 is 5.32 Å². The third kappa shape index (κ3) is 40.3. The fourth-order valence-corrected chi connectivity index (χ4v) is 7.35. The van der Waals surface area contributed by atoms with Crippen LogP contribution >= 0.6 is 0 Å². The molecule has 2 unspecified atom stereocenters. The summed E-state index contributed by atoms with van der Waals surface area (Å²) in [5.74, 6) is -0.129. The minimum Gasteiger partial charge on any atom is -0.466 e. The Kier molecular flexibility index (Phi) is 43.2. The molecule has 3 N–H and O–H groups in total. The summed E-state index contributed by atoms with van der Waals surface area (Å²) in [6.07, 6.45) is 49.1. The van der Waals surface area contributed by atoms with Crippen molar-refractivity contribution in [1.29, 1.82) is 0 Å². The highest BCUT2D eigenvalue weighted by molar-refractivity contribution is 5.76. The van der Waals surface area contributed by atoms with Gasteiger partial charge in [0.05, 0.1) is 25.4 Å². The lowest BCUT2D eigenvalue weighted by Crippen LogP contribution is -2.45. The highest BCUT2D eigenvalue weighted by Crippen LogP contribution is 2.16. The van der Waals surface area contributed by atoms with E-state index in [4.69, 9.17) is 4.74 Å². The first-order chi connectivity index (χ1) is 26.5. The molecule has 0 bridgehead atoms. The molecular weight excluding hydrogens is 671 g/mol. The lowest BCUT2D eigenvalue weighted by Gasteiger charge is -2.22. The fraction of sp³-hybridized carbons (Fsp3) is 0.917. The number of hydrogen-bond donors (Lipinski definition) is 3. The summed E-state index contributed by atoms with van der Waals surface area (Å²) >= 11 is 0. The van der Waals surface area contributed by atoms with Crippen molar-refractivity contribution in [1.82, 2.24) is 5.32 Å². The number of esters is 1. The van der Waals surface area contributed by atoms with Crippen LogP contribution in [0.4, 0.5) is 0 Å². The zero-order valence-corrected chi connectivity index (χ0v) is 36.2. The van der Waals surface area contributed by atoms with Crippen LogP contribution in [0.3, 0.4) is 0 Å². The third-order valence-electron chi connectivity index (χ3n) is 11.1. The fourth-order valence-electron chi connectivity index (χ4n) is 7.35. The van der Waals surface area contributed by atoms with Crippen molar-refractivity contribution < 1.29 is 24.5 Å². The quantitative estimate of drug-likeness (QED) is 0.0326. The zero-order chi connectivity index (χ0) is 39.4. The average molecular weight is 764 g/mol. The van der Waals surface area contributed by atoms with Crippen LogP contribution in [0.25, 0.3) is 0 Å². The Morgan fingerprint density at radius 1 is 0.500 bits per heavy atom. The van der Waals surface area contributed by atoms with Crippen LogP contribution in [0.1, 0.15) is 258 Å². The SMILES string of the molecule is CCCCCCCCCCCCCCCCCCCCCC(=O)OCCCCCC/C=C\CCCC(=O)NC(CO)C(O)CCCCCCCCCCC. The van der Waals surface area contributed by atoms with Gasteiger partial charge in [0.2, 0.25) is 5.91 Å². The number of carbonyl (C=O) groups is 2. The molecule has 0 heterocycles. The molecular formula is C48H93NO5. The number of allylic oxidation sites excluding steroid dienone is 2. The van der Waals surface area contributed by atoms with E-state index in [1.165, 1.54) is 154 Å². The number of nitrogens with one attached hydrogen (secondary N) is 1. The van der Waals surface area contributed by atoms with Crippen molar-refractivity contribution >= 4 is 11.9 Å². The molecule has 2 atom stereocenters. The van der Waals surface area contributed by atoms with Gasteiger partial charge in [-0.1, -0.05) is 212 Å². The Morgan fingerprint density at radius 2 is 0.889 bits per heavy atom. The topological polar surface area (TPSA) is 95.9 Å². The third-order valence-corrected chi connectivity index (χ3v) is 11.1. The maximum absolute atomic E-state index is 12.3. The van der Waals surface area contributed by atoms with Crippen molar-refractivity contribution in [2.24, 2.45) is 0 Å². The van der Waals surface area contributed by atoms with Crippen molar-refractivity contribution in [2.45, 2.75) is 270 Å². The number of rotatable bonds is 44. The van der Waals surface area contributed by atoms with E-state index >= 15 is 0 Å². The Hall–Kier alpha value is -1.40. The van der Waals surface area contributed by atoms with E-state index < -0.39 is 12.1 Å². The minimum absolute atomic E-state index is 0.0317. The molecule has 6 nitrogen and oxygen atoms in total. The molecule has 0 saturated carbocycles. The predicted octanol–water partition coefficient (Wildman–Crippen LogP) is 13.8. The van der Waals surface area contributed by atoms with Gasteiger partial charge in [-0.15, -0.1) is 0 Å². The first-order valence-corrected chi connectivity index (χ1v) is 23.9. The standard InChI is InChI=1S/C48H93NO5/c1-3-5-7-9-11-13-14-15-16-17-18-19-20-21-22-26-30-34-38-42-48(53)54-43-39-35-31-27-23-25-29-33-37-41-47(52)49-45(44-50)46(51)40-36-32-28-24-12-10-8-6-4-2/h25,29,45-46,50-51H,3-24,26-28,30-44H2,1-2H3,(H,49,52)/b29-25-. The van der Waals surface area contributed by atoms with E-state index in [1.807, 2.05) is 0 Å². The van der Waals surface area contributed by atoms with E-state index in [9.17, 15) is 19.8 Å². The molecule has 0 fully saturated rings. The predicted molar refractivity (Wildman–Crippen MR) is 232 cm³/mol. The molecule has 0 aromatic rings. The molecule has 54 heavy (non-hydrogen) atoms. The van der Waals surface area contributed by atoms with Gasteiger partial charge >= 0.3 is 5.97 Å². The van der Waals surface area contributed by atoms with Crippen LogP contribution in [0.15, 0.2) is 12.2 Å². The van der Waals surface area contributed by atoms with Gasteiger partial charge in [0, 0.05) is 12.8 Å². The van der Waals surface area contributed by atoms with Gasteiger partial charge in [-0.2, -0.15) is 0 Å². The second-order valence-electron chi connectivity index (χ2n) is 16.4. The average Bonchev–Trinajstić information content (AvgIpc) is 3.17. The second kappa shape index (κ2) is 44.3. The normalized spacial score (nSPS) is 12.7. The summed E-state index contributed by atoms with van der Waals surface area (Å²) in [5, 5.41) is 23.0. The Bertz CT molecular complexity index is 802. The van der Waals surface area contributed by atoms with Gasteiger partial charge in [0.15, 0.2) is 0 Å². The summed E-state index contributed by atoms with van der Waals surface area (Å²) in [6.45, 7) is 4.84. The van der Waals surface area contributed by atoms with Crippen LogP contribution in [0, 0.1) is 0 Å². The van der Waals surface area contributed by atoms with Crippen molar-refractivity contribution in [2.75, 3.05) is 13.2 Å². The van der Waals surface area contributed by atoms with Gasteiger partial charge in [-0.3, -0.25) is 9.59 Å². The number of ether oxygens (including phenoxy) is 1. The largest absolute Gasteiger partial charge is 0.466 e. The Morgan fingerprint density at radius 3 is 1.35 bits per heavy atom. The van der Waals surface area contributed by atoms with Gasteiger partial charge in [-0.05, 0) is 44.9 Å². The summed E-state index contributed by atoms with van der Waals surface area (Å²) in [5.41, 5.74) is 0. The first kappa shape index (κ1) is 52.6. The van der Waals surface area contributed by atoms with Gasteiger partial charge in [0.25, 0.3) is 0 Å². The van der Waals surface area contributed by atoms with Crippen molar-refractivity contribution in [3.63, 3.8) is 0 Å². The molecule has 0 aliphatic rings. The number of carbonyl (C=O) groups excluding carboxylic acids is 2. The molecule has 0 aliphatic carbocycles. The second-order valence-corrected chi connectivity index (χ2v) is 16.4. The summed E-state index contributed by atoms with van der Waals surface area (Å²) in [4.78, 5) is 24.4. The van der Waals surface area contributed by atoms with Crippen LogP contribution in [-0.4, -0.2) is 47.4 Å². The smallest absolute Gasteiger partial charge is 0.305 e. The molecule has 0 radical (unpaired) electrons. The lowest BCUT2D eigenvalue weighted by molar-refractivity contribution is -0.143. The maximum atomic E-state index is 12.3. The maximum Gasteiger partial charge on any atom is 0.305 e. The van der Waals surface area contributed by atoms with Crippen LogP contribution in [0.5, 0.6) is 0 Å². The molecule has 6 heteroatoms. The van der Waals surface area contributed by atoms with Gasteiger partial charge in [0.1, 0.15) is 0 Å². The van der Waals surface area contributed by atoms with E-state index in [0.29, 0.717) is 25.9 Å². The van der Waals surface area contributed by atoms with Crippen molar-refractivity contribution in [3.05, 3.63) is 12.2 Å². The van der Waals surface area contributed by atoms with Gasteiger partial charge in [-0.25, -0.2) is 0 Å². The van der Waals surface area contributed by atoms with Crippen LogP contribution in [-0.2, 0) is 14.3 Å². The van der Waals surface area contributed by atoms with Crippen LogP contribution in [0.2, 0.25) is 0 Å². The highest BCUT2D eigenvalue weighted by Gasteiger charge is 2.20. The zero-order valence-electron chi connectivity index (χ0n) is 36.2. The number of aliphatic hydroxyl groups is 2. The van der Waals surface area contributed by atoms with Crippen molar-refractivity contribution in [3.8, 4) is 0 Å². The van der Waals surface area contributed by atoms with E-state index in [2.05, 4.69) is 31.3 Å². The monoisotopic (exact) mass is 764 g/mol. The molecule has 0 saturated heterocycles. The Balaban J connectivity index is 3.47. The van der Waals surface area contributed by atoms with E-state index in [-0.39, 0.29) is 18.5 Å². The number of aliphatic hydroxyl groups excluding tert-OH is 2. The van der Waals surface area contributed by atoms with E-state index in [0.717, 1.165) is 70.6 Å². The lowest BCUT2D eigenvalue weighted by atomic mass is 10.0. The van der Waals surface area contributed by atoms with E-state index in [1.54, 1.807) is 0 Å². The summed E-state index contributed by atoms with van der Waals surface area (Å²) < 4.78 is 5.44. The summed E-state index contributed by atoms with van der Waals surface area (Å²) in [7, 11) is 0. The molecule has 0 aliphatic heterocycles. The molecule has 0 spiro atoms. The molecule has 0 rings (SSSR count). The molecule has 0 aromatic heterocycles. The number of hydrogen-bond acceptors (Lipinski definition) is 5. The first-order valence-electron chi connectivity index (χ1n) is 23.9. The summed E-state index contributed by atoms with van der Waals surface area (Å²) in [6, 6.07) is -0.575. The Labute approximate surface area is 336 Å². The highest BCUT2D eigenvalue weighted by atomic mass is 16.5. The molecule has 1 amide bonds.